The Morgan fingerprint density at radius 2 is 2.14 bits per heavy atom. The van der Waals surface area contributed by atoms with E-state index in [0.29, 0.717) is 11.4 Å². The van der Waals surface area contributed by atoms with Crippen LogP contribution in [-0.4, -0.2) is 28.2 Å². The molecule has 0 aliphatic heterocycles. The number of rotatable bonds is 6. The molecule has 0 aliphatic rings. The zero-order chi connectivity index (χ0) is 15.4. The summed E-state index contributed by atoms with van der Waals surface area (Å²) in [5, 5.41) is 13.8. The molecule has 114 valence electrons. The maximum Gasteiger partial charge on any atom is 0.240 e. The van der Waals surface area contributed by atoms with E-state index in [1.807, 2.05) is 48.9 Å². The van der Waals surface area contributed by atoms with Crippen LogP contribution in [0.5, 0.6) is 0 Å². The predicted molar refractivity (Wildman–Crippen MR) is 85.4 cm³/mol. The summed E-state index contributed by atoms with van der Waals surface area (Å²) in [4.78, 5) is 12.2. The molecule has 5 heteroatoms. The van der Waals surface area contributed by atoms with Gasteiger partial charge in [-0.1, -0.05) is 31.5 Å². The predicted octanol–water partition coefficient (Wildman–Crippen LogP) is 2.82. The molecule has 0 spiro atoms. The minimum absolute atomic E-state index is 0.00656. The van der Waals surface area contributed by atoms with E-state index in [1.54, 1.807) is 0 Å². The molecule has 2 aromatic rings. The number of aromatic nitrogens is 1. The van der Waals surface area contributed by atoms with Crippen LogP contribution in [0.2, 0.25) is 5.02 Å². The fourth-order valence-electron chi connectivity index (χ4n) is 2.41. The fourth-order valence-corrected chi connectivity index (χ4v) is 2.58. The second kappa shape index (κ2) is 6.96. The third-order valence-electron chi connectivity index (χ3n) is 3.64. The van der Waals surface area contributed by atoms with Gasteiger partial charge in [0.1, 0.15) is 6.54 Å². The van der Waals surface area contributed by atoms with Crippen LogP contribution in [0.3, 0.4) is 0 Å². The van der Waals surface area contributed by atoms with Crippen LogP contribution in [0.4, 0.5) is 0 Å². The first-order valence-electron chi connectivity index (χ1n) is 7.16. The molecule has 0 fully saturated rings. The standard InChI is InChI=1S/C16H21ClN2O2/c1-11(2)14(6-8-20)18-16(21)10-19-7-5-12-3-4-13(17)9-15(12)19/h3-5,7,9,11,14,20H,6,8,10H2,1-2H3,(H,18,21). The second-order valence-corrected chi connectivity index (χ2v) is 6.01. The molecule has 0 saturated carbocycles. The lowest BCUT2D eigenvalue weighted by molar-refractivity contribution is -0.122. The van der Waals surface area contributed by atoms with Gasteiger partial charge in [-0.25, -0.2) is 0 Å². The maximum atomic E-state index is 12.2. The third-order valence-corrected chi connectivity index (χ3v) is 3.88. The number of fused-ring (bicyclic) bond motifs is 1. The Morgan fingerprint density at radius 3 is 2.81 bits per heavy atom. The molecule has 1 unspecified atom stereocenters. The van der Waals surface area contributed by atoms with Gasteiger partial charge in [-0.3, -0.25) is 4.79 Å². The van der Waals surface area contributed by atoms with Crippen LogP contribution in [0.25, 0.3) is 10.9 Å². The van der Waals surface area contributed by atoms with Crippen LogP contribution in [0.15, 0.2) is 30.5 Å². The molecule has 1 atom stereocenters. The molecule has 2 rings (SSSR count). The van der Waals surface area contributed by atoms with Gasteiger partial charge in [0.2, 0.25) is 5.91 Å². The van der Waals surface area contributed by atoms with E-state index in [-0.39, 0.29) is 31.0 Å². The highest BCUT2D eigenvalue weighted by Crippen LogP contribution is 2.20. The van der Waals surface area contributed by atoms with Crippen molar-refractivity contribution in [1.82, 2.24) is 9.88 Å². The largest absolute Gasteiger partial charge is 0.396 e. The second-order valence-electron chi connectivity index (χ2n) is 5.58. The van der Waals surface area contributed by atoms with Gasteiger partial charge in [0.25, 0.3) is 0 Å². The number of benzene rings is 1. The molecule has 0 radical (unpaired) electrons. The highest BCUT2D eigenvalue weighted by molar-refractivity contribution is 6.31. The highest BCUT2D eigenvalue weighted by Gasteiger charge is 2.16. The van der Waals surface area contributed by atoms with E-state index in [0.717, 1.165) is 10.9 Å². The van der Waals surface area contributed by atoms with Crippen LogP contribution >= 0.6 is 11.6 Å². The lowest BCUT2D eigenvalue weighted by Gasteiger charge is -2.21. The van der Waals surface area contributed by atoms with Gasteiger partial charge in [-0.15, -0.1) is 0 Å². The van der Waals surface area contributed by atoms with Crippen molar-refractivity contribution in [3.05, 3.63) is 35.5 Å². The van der Waals surface area contributed by atoms with Crippen LogP contribution < -0.4 is 5.32 Å². The number of hydrogen-bond donors (Lipinski definition) is 2. The minimum Gasteiger partial charge on any atom is -0.396 e. The first kappa shape index (κ1) is 15.9. The number of hydrogen-bond acceptors (Lipinski definition) is 2. The van der Waals surface area contributed by atoms with Crippen LogP contribution in [0.1, 0.15) is 20.3 Å². The van der Waals surface area contributed by atoms with Crippen LogP contribution in [-0.2, 0) is 11.3 Å². The first-order valence-corrected chi connectivity index (χ1v) is 7.53. The van der Waals surface area contributed by atoms with Gasteiger partial charge in [0, 0.05) is 29.4 Å². The average Bonchev–Trinajstić information content (AvgIpc) is 2.80. The Balaban J connectivity index is 2.09. The molecule has 21 heavy (non-hydrogen) atoms. The Kier molecular flexibility index (Phi) is 5.26. The van der Waals surface area contributed by atoms with Crippen molar-refractivity contribution < 1.29 is 9.90 Å². The quantitative estimate of drug-likeness (QED) is 0.862. The van der Waals surface area contributed by atoms with Crippen LogP contribution in [0, 0.1) is 5.92 Å². The van der Waals surface area contributed by atoms with Crippen molar-refractivity contribution in [1.29, 1.82) is 0 Å². The number of nitrogens with zero attached hydrogens (tertiary/aromatic N) is 1. The lowest BCUT2D eigenvalue weighted by Crippen LogP contribution is -2.40. The number of aliphatic hydroxyl groups is 1. The van der Waals surface area contributed by atoms with Crippen molar-refractivity contribution in [3.8, 4) is 0 Å². The third kappa shape index (κ3) is 3.99. The number of amides is 1. The van der Waals surface area contributed by atoms with Crippen molar-refractivity contribution in [3.63, 3.8) is 0 Å². The number of nitrogens with one attached hydrogen (secondary N) is 1. The van der Waals surface area contributed by atoms with E-state index >= 15 is 0 Å². The summed E-state index contributed by atoms with van der Waals surface area (Å²) in [6, 6.07) is 7.59. The molecule has 1 aromatic heterocycles. The molecule has 1 amide bonds. The van der Waals surface area contributed by atoms with E-state index in [1.165, 1.54) is 0 Å². The zero-order valence-electron chi connectivity index (χ0n) is 12.3. The molecule has 1 heterocycles. The Morgan fingerprint density at radius 1 is 1.38 bits per heavy atom. The summed E-state index contributed by atoms with van der Waals surface area (Å²) in [7, 11) is 0. The van der Waals surface area contributed by atoms with Crippen molar-refractivity contribution >= 4 is 28.4 Å². The minimum atomic E-state index is -0.0559. The summed E-state index contributed by atoms with van der Waals surface area (Å²) in [6.07, 6.45) is 2.46. The van der Waals surface area contributed by atoms with Gasteiger partial charge in [0.15, 0.2) is 0 Å². The van der Waals surface area contributed by atoms with Gasteiger partial charge < -0.3 is 15.0 Å². The van der Waals surface area contributed by atoms with E-state index in [4.69, 9.17) is 16.7 Å². The smallest absolute Gasteiger partial charge is 0.240 e. The monoisotopic (exact) mass is 308 g/mol. The van der Waals surface area contributed by atoms with E-state index in [2.05, 4.69) is 5.32 Å². The number of carbonyl (C=O) groups excluding carboxylic acids is 1. The molecule has 0 saturated heterocycles. The average molecular weight is 309 g/mol. The number of halogens is 1. The Labute approximate surface area is 129 Å². The summed E-state index contributed by atoms with van der Waals surface area (Å²) >= 11 is 6.01. The topological polar surface area (TPSA) is 54.3 Å². The highest BCUT2D eigenvalue weighted by atomic mass is 35.5. The molecule has 0 aliphatic carbocycles. The van der Waals surface area contributed by atoms with Crippen molar-refractivity contribution in [2.45, 2.75) is 32.9 Å². The number of aliphatic hydroxyl groups excluding tert-OH is 1. The summed E-state index contributed by atoms with van der Waals surface area (Å²) in [5.41, 5.74) is 0.945. The van der Waals surface area contributed by atoms with E-state index in [9.17, 15) is 4.79 Å². The summed E-state index contributed by atoms with van der Waals surface area (Å²) < 4.78 is 1.88. The molecule has 0 bridgehead atoms. The fraction of sp³-hybridized carbons (Fsp3) is 0.438. The van der Waals surface area contributed by atoms with Gasteiger partial charge >= 0.3 is 0 Å². The van der Waals surface area contributed by atoms with Crippen molar-refractivity contribution in [2.75, 3.05) is 6.61 Å². The summed E-state index contributed by atoms with van der Waals surface area (Å²) in [6.45, 7) is 4.39. The molecule has 2 N–H and O–H groups in total. The van der Waals surface area contributed by atoms with E-state index < -0.39 is 0 Å². The normalized spacial score (nSPS) is 12.8. The molecule has 1 aromatic carbocycles. The summed E-state index contributed by atoms with van der Waals surface area (Å²) in [5.74, 6) is 0.233. The first-order chi connectivity index (χ1) is 10.0. The molecule has 4 nitrogen and oxygen atoms in total. The molecular formula is C16H21ClN2O2. The van der Waals surface area contributed by atoms with Gasteiger partial charge in [-0.05, 0) is 35.9 Å². The molecular weight excluding hydrogens is 288 g/mol. The Bertz CT molecular complexity index is 622. The number of carbonyl (C=O) groups is 1. The van der Waals surface area contributed by atoms with Crippen molar-refractivity contribution in [2.24, 2.45) is 5.92 Å². The Hall–Kier alpha value is -1.52. The van der Waals surface area contributed by atoms with Gasteiger partial charge in [0.05, 0.1) is 0 Å². The SMILES string of the molecule is CC(C)C(CCO)NC(=O)Cn1ccc2ccc(Cl)cc21. The lowest BCUT2D eigenvalue weighted by atomic mass is 10.0. The zero-order valence-corrected chi connectivity index (χ0v) is 13.1. The van der Waals surface area contributed by atoms with Gasteiger partial charge in [-0.2, -0.15) is 0 Å². The maximum absolute atomic E-state index is 12.2.